The molecule has 0 spiro atoms. The third-order valence-electron chi connectivity index (χ3n) is 5.73. The molecule has 1 saturated heterocycles. The second-order valence-corrected chi connectivity index (χ2v) is 10.3. The molecule has 1 aliphatic rings. The molecule has 1 aliphatic heterocycles. The molecule has 1 N–H and O–H groups in total. The molecule has 31 heavy (non-hydrogen) atoms. The lowest BCUT2D eigenvalue weighted by molar-refractivity contribution is 0.294. The van der Waals surface area contributed by atoms with Crippen molar-refractivity contribution >= 4 is 27.3 Å². The van der Waals surface area contributed by atoms with Crippen molar-refractivity contribution in [1.29, 1.82) is 0 Å². The van der Waals surface area contributed by atoms with E-state index in [-0.39, 0.29) is 16.9 Å². The maximum Gasteiger partial charge on any atom is 0.245 e. The van der Waals surface area contributed by atoms with Gasteiger partial charge < -0.3 is 10.2 Å². The number of halogens is 1. The predicted molar refractivity (Wildman–Crippen MR) is 122 cm³/mol. The molecule has 2 heterocycles. The number of nitrogens with one attached hydrogen (secondary N) is 1. The molecule has 0 amide bonds. The molecule has 3 rings (SSSR count). The van der Waals surface area contributed by atoms with E-state index in [9.17, 15) is 8.42 Å². The molecule has 0 saturated carbocycles. The van der Waals surface area contributed by atoms with E-state index in [4.69, 9.17) is 11.6 Å². The molecule has 1 atom stereocenters. The molecule has 0 radical (unpaired) electrons. The molecule has 0 bridgehead atoms. The number of tetrazole rings is 1. The molecular weight excluding hydrogens is 438 g/mol. The molecule has 0 aliphatic carbocycles. The topological polar surface area (TPSA) is 96.3 Å². The van der Waals surface area contributed by atoms with Crippen LogP contribution in [-0.4, -0.2) is 76.6 Å². The predicted octanol–water partition coefficient (Wildman–Crippen LogP) is 2.57. The fourth-order valence-electron chi connectivity index (χ4n) is 3.96. The van der Waals surface area contributed by atoms with Gasteiger partial charge in [0.25, 0.3) is 0 Å². The van der Waals surface area contributed by atoms with E-state index in [0.29, 0.717) is 42.5 Å². The van der Waals surface area contributed by atoms with Crippen molar-refractivity contribution in [2.24, 2.45) is 7.05 Å². The number of benzene rings is 1. The highest BCUT2D eigenvalue weighted by molar-refractivity contribution is 7.89. The van der Waals surface area contributed by atoms with Crippen molar-refractivity contribution in [3.05, 3.63) is 29.0 Å². The van der Waals surface area contributed by atoms with Crippen LogP contribution in [0.4, 0.5) is 5.69 Å². The van der Waals surface area contributed by atoms with Crippen LogP contribution in [0.25, 0.3) is 0 Å². The second kappa shape index (κ2) is 10.2. The number of hydrogen-bond donors (Lipinski definition) is 1. The highest BCUT2D eigenvalue weighted by atomic mass is 35.5. The standard InChI is InChI=1S/C20H32ClN7O2S/c1-5-27(6-2)14-15(3)22-18-8-7-17(21)13-19(18)31(29,30)28-11-9-16(10-12-28)20-23-25-26(4)24-20/h7-8,13,15-16,22H,5-6,9-12,14H2,1-4H3. The first-order chi connectivity index (χ1) is 14.7. The summed E-state index contributed by atoms with van der Waals surface area (Å²) in [5.74, 6) is 0.793. The lowest BCUT2D eigenvalue weighted by Gasteiger charge is -2.31. The first-order valence-electron chi connectivity index (χ1n) is 10.8. The zero-order chi connectivity index (χ0) is 22.6. The molecule has 1 unspecified atom stereocenters. The van der Waals surface area contributed by atoms with Gasteiger partial charge in [-0.2, -0.15) is 9.10 Å². The van der Waals surface area contributed by atoms with E-state index in [1.54, 1.807) is 25.2 Å². The first kappa shape index (κ1) is 23.9. The SMILES string of the molecule is CCN(CC)CC(C)Nc1ccc(Cl)cc1S(=O)(=O)N1CCC(c2nnn(C)n2)CC1. The fourth-order valence-corrected chi connectivity index (χ4v) is 5.85. The van der Waals surface area contributed by atoms with E-state index in [1.165, 1.54) is 9.10 Å². The molecule has 1 fully saturated rings. The summed E-state index contributed by atoms with van der Waals surface area (Å²) in [6, 6.07) is 5.10. The van der Waals surface area contributed by atoms with E-state index < -0.39 is 10.0 Å². The monoisotopic (exact) mass is 469 g/mol. The number of rotatable bonds is 9. The Morgan fingerprint density at radius 2 is 1.94 bits per heavy atom. The number of hydrogen-bond acceptors (Lipinski definition) is 7. The van der Waals surface area contributed by atoms with Crippen molar-refractivity contribution < 1.29 is 8.42 Å². The van der Waals surface area contributed by atoms with Crippen molar-refractivity contribution in [1.82, 2.24) is 29.4 Å². The van der Waals surface area contributed by atoms with E-state index in [0.717, 1.165) is 19.6 Å². The van der Waals surface area contributed by atoms with E-state index >= 15 is 0 Å². The quantitative estimate of drug-likeness (QED) is 0.602. The minimum Gasteiger partial charge on any atom is -0.380 e. The Balaban J connectivity index is 1.75. The van der Waals surface area contributed by atoms with Gasteiger partial charge in [-0.25, -0.2) is 8.42 Å². The van der Waals surface area contributed by atoms with Crippen LogP contribution in [0.3, 0.4) is 0 Å². The zero-order valence-electron chi connectivity index (χ0n) is 18.6. The normalized spacial score (nSPS) is 17.2. The first-order valence-corrected chi connectivity index (χ1v) is 12.6. The third-order valence-corrected chi connectivity index (χ3v) is 7.91. The van der Waals surface area contributed by atoms with Crippen molar-refractivity contribution in [3.63, 3.8) is 0 Å². The summed E-state index contributed by atoms with van der Waals surface area (Å²) >= 11 is 6.19. The summed E-state index contributed by atoms with van der Waals surface area (Å²) < 4.78 is 28.5. The highest BCUT2D eigenvalue weighted by Crippen LogP contribution is 2.33. The number of likely N-dealkylation sites (N-methyl/N-ethyl adjacent to an activating group) is 1. The number of aromatic nitrogens is 4. The van der Waals surface area contributed by atoms with E-state index in [2.05, 4.69) is 46.4 Å². The largest absolute Gasteiger partial charge is 0.380 e. The minimum absolute atomic E-state index is 0.0866. The Morgan fingerprint density at radius 3 is 2.52 bits per heavy atom. The van der Waals surface area contributed by atoms with Gasteiger partial charge in [-0.3, -0.25) is 0 Å². The van der Waals surface area contributed by atoms with Crippen molar-refractivity contribution in [3.8, 4) is 0 Å². The Labute approximate surface area is 189 Å². The lowest BCUT2D eigenvalue weighted by atomic mass is 9.98. The van der Waals surface area contributed by atoms with Gasteiger partial charge >= 0.3 is 0 Å². The van der Waals surface area contributed by atoms with Crippen molar-refractivity contribution in [2.75, 3.05) is 38.0 Å². The number of aryl methyl sites for hydroxylation is 1. The van der Waals surface area contributed by atoms with Gasteiger partial charge in [-0.05, 0) is 56.3 Å². The molecule has 172 valence electrons. The van der Waals surface area contributed by atoms with Crippen LogP contribution < -0.4 is 5.32 Å². The average Bonchev–Trinajstić information content (AvgIpc) is 3.19. The molecule has 11 heteroatoms. The van der Waals surface area contributed by atoms with Crippen LogP contribution in [0.2, 0.25) is 5.02 Å². The smallest absolute Gasteiger partial charge is 0.245 e. The Hall–Kier alpha value is -1.75. The average molecular weight is 470 g/mol. The van der Waals surface area contributed by atoms with Crippen LogP contribution >= 0.6 is 11.6 Å². The van der Waals surface area contributed by atoms with Gasteiger partial charge in [0, 0.05) is 36.6 Å². The minimum atomic E-state index is -3.69. The van der Waals surface area contributed by atoms with E-state index in [1.807, 2.05) is 0 Å². The van der Waals surface area contributed by atoms with Gasteiger partial charge in [0.15, 0.2) is 5.82 Å². The number of anilines is 1. The van der Waals surface area contributed by atoms with Crippen LogP contribution in [-0.2, 0) is 17.1 Å². The molecule has 1 aromatic carbocycles. The summed E-state index contributed by atoms with van der Waals surface area (Å²) in [5.41, 5.74) is 0.585. The Kier molecular flexibility index (Phi) is 7.90. The summed E-state index contributed by atoms with van der Waals surface area (Å²) in [4.78, 5) is 3.96. The molecule has 1 aromatic heterocycles. The van der Waals surface area contributed by atoms with Gasteiger partial charge in [0.05, 0.1) is 12.7 Å². The summed E-state index contributed by atoms with van der Waals surface area (Å²) in [7, 11) is -1.96. The summed E-state index contributed by atoms with van der Waals surface area (Å²) in [6.45, 7) is 9.84. The highest BCUT2D eigenvalue weighted by Gasteiger charge is 2.33. The van der Waals surface area contributed by atoms with Crippen LogP contribution in [0.1, 0.15) is 45.4 Å². The number of nitrogens with zero attached hydrogens (tertiary/aromatic N) is 6. The maximum atomic E-state index is 13.5. The van der Waals surface area contributed by atoms with Gasteiger partial charge in [0.1, 0.15) is 4.90 Å². The number of piperidine rings is 1. The third kappa shape index (κ3) is 5.74. The molecule has 9 nitrogen and oxygen atoms in total. The van der Waals surface area contributed by atoms with Gasteiger partial charge in [-0.1, -0.05) is 25.4 Å². The lowest BCUT2D eigenvalue weighted by Crippen LogP contribution is -2.39. The number of sulfonamides is 1. The Morgan fingerprint density at radius 1 is 1.26 bits per heavy atom. The van der Waals surface area contributed by atoms with Crippen LogP contribution in [0.15, 0.2) is 23.1 Å². The van der Waals surface area contributed by atoms with Crippen LogP contribution in [0, 0.1) is 0 Å². The van der Waals surface area contributed by atoms with Crippen molar-refractivity contribution in [2.45, 2.75) is 50.5 Å². The van der Waals surface area contributed by atoms with Gasteiger partial charge in [-0.15, -0.1) is 10.2 Å². The fraction of sp³-hybridized carbons (Fsp3) is 0.650. The zero-order valence-corrected chi connectivity index (χ0v) is 20.2. The Bertz CT molecular complexity index is 970. The second-order valence-electron chi connectivity index (χ2n) is 7.99. The maximum absolute atomic E-state index is 13.5. The van der Waals surface area contributed by atoms with Gasteiger partial charge in [0.2, 0.25) is 10.0 Å². The molecule has 2 aromatic rings. The summed E-state index contributed by atoms with van der Waals surface area (Å²) in [5, 5.41) is 16.0. The summed E-state index contributed by atoms with van der Waals surface area (Å²) in [6.07, 6.45) is 1.32. The molecular formula is C20H32ClN7O2S. The van der Waals surface area contributed by atoms with Crippen LogP contribution in [0.5, 0.6) is 0 Å².